The van der Waals surface area contributed by atoms with Crippen LogP contribution < -0.4 is 20.3 Å². The number of benzene rings is 1. The van der Waals surface area contributed by atoms with Gasteiger partial charge < -0.3 is 39.4 Å². The molecule has 34 heavy (non-hydrogen) atoms. The maximum atomic E-state index is 13.3. The van der Waals surface area contributed by atoms with Gasteiger partial charge in [-0.15, -0.1) is 0 Å². The summed E-state index contributed by atoms with van der Waals surface area (Å²) in [5.41, 5.74) is 3.50. The number of nitrogens with one attached hydrogen (secondary N) is 1. The van der Waals surface area contributed by atoms with Gasteiger partial charge in [-0.3, -0.25) is 4.79 Å². The minimum absolute atomic E-state index is 0.111. The number of esters is 1. The Hall–Kier alpha value is -3.51. The smallest absolute Gasteiger partial charge is 0.340 e. The molecule has 2 aromatic heterocycles. The molecule has 0 bridgehead atoms. The lowest BCUT2D eigenvalue weighted by molar-refractivity contribution is -0.157. The molecule has 3 aliphatic rings. The fourth-order valence-corrected chi connectivity index (χ4v) is 4.73. The molecular formula is C23H21N3O8. The number of fused-ring (bicyclic) bond motifs is 6. The second-order valence-corrected chi connectivity index (χ2v) is 8.47. The van der Waals surface area contributed by atoms with Crippen LogP contribution in [0.1, 0.15) is 28.4 Å². The van der Waals surface area contributed by atoms with Crippen molar-refractivity contribution in [1.82, 2.24) is 14.9 Å². The molecule has 3 aromatic rings. The summed E-state index contributed by atoms with van der Waals surface area (Å²) >= 11 is 0. The van der Waals surface area contributed by atoms with Gasteiger partial charge in [-0.2, -0.15) is 0 Å². The SMILES string of the molecule is O=C1OCc2c(cc3n(c2=O)Cc2c-3nc3cc4c(cc3c2CNC[C@@H](O)CO)OCO4)[C@@H]1O. The lowest BCUT2D eigenvalue weighted by Crippen LogP contribution is -2.32. The van der Waals surface area contributed by atoms with Crippen molar-refractivity contribution < 1.29 is 34.3 Å². The summed E-state index contributed by atoms with van der Waals surface area (Å²) in [7, 11) is 0. The standard InChI is InChI=1S/C23H21N3O8/c27-7-10(28)4-24-5-13-11-2-18-19(34-9-33-18)3-16(11)25-20-14(13)6-26-17(20)1-12-15(22(26)30)8-32-23(31)21(12)29/h1-3,10,21,24,27-29H,4-9H2/t10-,21+/m1/s1. The van der Waals surface area contributed by atoms with E-state index in [9.17, 15) is 19.8 Å². The summed E-state index contributed by atoms with van der Waals surface area (Å²) in [5.74, 6) is 0.364. The molecule has 1 aromatic carbocycles. The molecule has 2 atom stereocenters. The summed E-state index contributed by atoms with van der Waals surface area (Å²) in [4.78, 5) is 30.0. The van der Waals surface area contributed by atoms with Crippen LogP contribution in [0.3, 0.4) is 0 Å². The summed E-state index contributed by atoms with van der Waals surface area (Å²) in [6.07, 6.45) is -2.44. The van der Waals surface area contributed by atoms with Gasteiger partial charge in [0, 0.05) is 35.7 Å². The fourth-order valence-electron chi connectivity index (χ4n) is 4.73. The van der Waals surface area contributed by atoms with E-state index >= 15 is 0 Å². The third-order valence-corrected chi connectivity index (χ3v) is 6.46. The molecule has 0 fully saturated rings. The second kappa shape index (κ2) is 7.77. The van der Waals surface area contributed by atoms with E-state index in [2.05, 4.69) is 5.32 Å². The van der Waals surface area contributed by atoms with E-state index in [1.165, 1.54) is 0 Å². The highest BCUT2D eigenvalue weighted by atomic mass is 16.7. The van der Waals surface area contributed by atoms with Gasteiger partial charge in [0.25, 0.3) is 5.56 Å². The topological polar surface area (TPSA) is 152 Å². The van der Waals surface area contributed by atoms with Crippen LogP contribution in [0, 0.1) is 0 Å². The number of hydrogen-bond acceptors (Lipinski definition) is 10. The van der Waals surface area contributed by atoms with Crippen molar-refractivity contribution in [2.24, 2.45) is 0 Å². The van der Waals surface area contributed by atoms with Gasteiger partial charge in [0.05, 0.1) is 41.7 Å². The number of nitrogens with zero attached hydrogens (tertiary/aromatic N) is 2. The first-order valence-corrected chi connectivity index (χ1v) is 10.8. The third-order valence-electron chi connectivity index (χ3n) is 6.46. The van der Waals surface area contributed by atoms with Gasteiger partial charge in [-0.05, 0) is 17.7 Å². The Bertz CT molecular complexity index is 1420. The number of carbonyl (C=O) groups is 1. The first-order valence-electron chi connectivity index (χ1n) is 10.8. The molecule has 0 saturated heterocycles. The zero-order valence-corrected chi connectivity index (χ0v) is 17.9. The minimum Gasteiger partial charge on any atom is -0.458 e. The molecule has 4 N–H and O–H groups in total. The Balaban J connectivity index is 1.54. The Labute approximate surface area is 192 Å². The van der Waals surface area contributed by atoms with Gasteiger partial charge >= 0.3 is 5.97 Å². The Morgan fingerprint density at radius 2 is 1.94 bits per heavy atom. The number of pyridine rings is 2. The summed E-state index contributed by atoms with van der Waals surface area (Å²) < 4.78 is 17.6. The normalized spacial score (nSPS) is 18.4. The van der Waals surface area contributed by atoms with Crippen molar-refractivity contribution in [2.45, 2.75) is 31.9 Å². The highest BCUT2D eigenvalue weighted by Gasteiger charge is 2.35. The largest absolute Gasteiger partial charge is 0.458 e. The van der Waals surface area contributed by atoms with Gasteiger partial charge in [-0.1, -0.05) is 0 Å². The molecule has 5 heterocycles. The van der Waals surface area contributed by atoms with E-state index in [1.807, 2.05) is 6.07 Å². The highest BCUT2D eigenvalue weighted by molar-refractivity contribution is 5.91. The summed E-state index contributed by atoms with van der Waals surface area (Å²) in [6, 6.07) is 5.25. The number of aliphatic hydroxyl groups is 3. The van der Waals surface area contributed by atoms with Gasteiger partial charge in [0.1, 0.15) is 6.61 Å². The molecule has 0 spiro atoms. The number of ether oxygens (including phenoxy) is 3. The molecule has 11 nitrogen and oxygen atoms in total. The van der Waals surface area contributed by atoms with Crippen LogP contribution in [0.4, 0.5) is 0 Å². The minimum atomic E-state index is -1.53. The summed E-state index contributed by atoms with van der Waals surface area (Å²) in [6.45, 7) is 0.316. The van der Waals surface area contributed by atoms with Crippen molar-refractivity contribution in [2.75, 3.05) is 19.9 Å². The van der Waals surface area contributed by atoms with Crippen LogP contribution in [0.5, 0.6) is 11.5 Å². The fraction of sp³-hybridized carbons (Fsp3) is 0.348. The molecule has 0 unspecified atom stereocenters. The third kappa shape index (κ3) is 3.09. The van der Waals surface area contributed by atoms with E-state index in [0.717, 1.165) is 16.5 Å². The van der Waals surface area contributed by atoms with Crippen molar-refractivity contribution in [3.8, 4) is 22.9 Å². The molecule has 176 valence electrons. The number of hydrogen-bond donors (Lipinski definition) is 4. The van der Waals surface area contributed by atoms with E-state index in [-0.39, 0.29) is 49.8 Å². The molecule has 3 aliphatic heterocycles. The van der Waals surface area contributed by atoms with Crippen LogP contribution in [0.2, 0.25) is 0 Å². The Morgan fingerprint density at radius 1 is 1.15 bits per heavy atom. The van der Waals surface area contributed by atoms with E-state index < -0.39 is 18.2 Å². The Kier molecular flexibility index (Phi) is 4.81. The average molecular weight is 467 g/mol. The van der Waals surface area contributed by atoms with Gasteiger partial charge in [0.15, 0.2) is 17.6 Å². The van der Waals surface area contributed by atoms with E-state index in [4.69, 9.17) is 24.3 Å². The Morgan fingerprint density at radius 3 is 2.74 bits per heavy atom. The number of carbonyl (C=O) groups excluding carboxylic acids is 1. The van der Waals surface area contributed by atoms with Crippen molar-refractivity contribution in [1.29, 1.82) is 0 Å². The van der Waals surface area contributed by atoms with Crippen LogP contribution in [0.15, 0.2) is 23.0 Å². The zero-order valence-electron chi connectivity index (χ0n) is 17.9. The quantitative estimate of drug-likeness (QED) is 0.288. The summed E-state index contributed by atoms with van der Waals surface area (Å²) in [5, 5.41) is 33.2. The molecule has 0 aliphatic carbocycles. The van der Waals surface area contributed by atoms with Crippen LogP contribution >= 0.6 is 0 Å². The molecular weight excluding hydrogens is 446 g/mol. The van der Waals surface area contributed by atoms with Gasteiger partial charge in [-0.25, -0.2) is 9.78 Å². The molecule has 0 radical (unpaired) electrons. The van der Waals surface area contributed by atoms with Crippen LogP contribution in [-0.2, 0) is 29.2 Å². The van der Waals surface area contributed by atoms with Crippen LogP contribution in [-0.4, -0.2) is 56.9 Å². The van der Waals surface area contributed by atoms with Gasteiger partial charge in [0.2, 0.25) is 6.79 Å². The van der Waals surface area contributed by atoms with E-state index in [0.29, 0.717) is 34.9 Å². The van der Waals surface area contributed by atoms with Crippen molar-refractivity contribution in [3.63, 3.8) is 0 Å². The number of aromatic nitrogens is 2. The second-order valence-electron chi connectivity index (χ2n) is 8.47. The lowest BCUT2D eigenvalue weighted by atomic mass is 9.98. The molecule has 0 saturated carbocycles. The van der Waals surface area contributed by atoms with Crippen molar-refractivity contribution in [3.05, 3.63) is 50.8 Å². The number of cyclic esters (lactones) is 1. The monoisotopic (exact) mass is 467 g/mol. The predicted octanol–water partition coefficient (Wildman–Crippen LogP) is -0.313. The highest BCUT2D eigenvalue weighted by Crippen LogP contribution is 2.42. The molecule has 6 rings (SSSR count). The number of rotatable bonds is 5. The first kappa shape index (κ1) is 21.1. The first-order chi connectivity index (χ1) is 16.5. The maximum absolute atomic E-state index is 13.3. The number of aliphatic hydroxyl groups excluding tert-OH is 3. The molecule has 11 heteroatoms. The van der Waals surface area contributed by atoms with E-state index in [1.54, 1.807) is 16.7 Å². The molecule has 0 amide bonds. The average Bonchev–Trinajstić information content (AvgIpc) is 3.44. The lowest BCUT2D eigenvalue weighted by Gasteiger charge is -2.21. The van der Waals surface area contributed by atoms with Crippen molar-refractivity contribution >= 4 is 16.9 Å². The predicted molar refractivity (Wildman–Crippen MR) is 116 cm³/mol. The maximum Gasteiger partial charge on any atom is 0.340 e. The zero-order chi connectivity index (χ0) is 23.6. The van der Waals surface area contributed by atoms with Crippen LogP contribution in [0.25, 0.3) is 22.3 Å².